The first-order valence-corrected chi connectivity index (χ1v) is 7.67. The lowest BCUT2D eigenvalue weighted by Crippen LogP contribution is -2.13. The zero-order valence-corrected chi connectivity index (χ0v) is 11.7. The number of hydrogen-bond acceptors (Lipinski definition) is 3. The van der Waals surface area contributed by atoms with Crippen LogP contribution in [0.2, 0.25) is 0 Å². The molecular weight excluding hydrogens is 268 g/mol. The summed E-state index contributed by atoms with van der Waals surface area (Å²) >= 11 is 1.60. The Kier molecular flexibility index (Phi) is 2.63. The third kappa shape index (κ3) is 1.84. The van der Waals surface area contributed by atoms with E-state index in [1.807, 2.05) is 23.6 Å². The van der Waals surface area contributed by atoms with Gasteiger partial charge in [0.05, 0.1) is 11.1 Å². The number of benzene rings is 1. The Morgan fingerprint density at radius 3 is 3.00 bits per heavy atom. The van der Waals surface area contributed by atoms with E-state index >= 15 is 0 Å². The van der Waals surface area contributed by atoms with Crippen LogP contribution in [0, 0.1) is 0 Å². The van der Waals surface area contributed by atoms with Gasteiger partial charge in [0, 0.05) is 17.1 Å². The minimum absolute atomic E-state index is 0.0179. The molecule has 1 aliphatic rings. The molecule has 0 saturated carbocycles. The molecular formula is C16H14N2OS. The molecule has 20 heavy (non-hydrogen) atoms. The molecule has 0 aliphatic carbocycles. The molecule has 2 aromatic heterocycles. The Hall–Kier alpha value is -2.07. The van der Waals surface area contributed by atoms with Crippen LogP contribution in [0.4, 0.5) is 5.69 Å². The van der Waals surface area contributed by atoms with E-state index in [1.165, 1.54) is 12.0 Å². The van der Waals surface area contributed by atoms with Crippen LogP contribution in [-0.2, 0) is 6.42 Å². The van der Waals surface area contributed by atoms with E-state index in [9.17, 15) is 4.79 Å². The van der Waals surface area contributed by atoms with Gasteiger partial charge in [0.1, 0.15) is 0 Å². The summed E-state index contributed by atoms with van der Waals surface area (Å²) in [5.74, 6) is 0. The first-order chi connectivity index (χ1) is 9.81. The van der Waals surface area contributed by atoms with Crippen LogP contribution in [0.25, 0.3) is 21.3 Å². The normalized spacial score (nSPS) is 14.0. The van der Waals surface area contributed by atoms with Crippen molar-refractivity contribution in [3.05, 3.63) is 51.6 Å². The van der Waals surface area contributed by atoms with Gasteiger partial charge in [0.2, 0.25) is 0 Å². The fourth-order valence-electron chi connectivity index (χ4n) is 2.79. The van der Waals surface area contributed by atoms with Crippen LogP contribution in [-0.4, -0.2) is 11.5 Å². The van der Waals surface area contributed by atoms with Crippen molar-refractivity contribution in [3.63, 3.8) is 0 Å². The number of anilines is 1. The first kappa shape index (κ1) is 11.7. The molecule has 4 heteroatoms. The van der Waals surface area contributed by atoms with Crippen molar-refractivity contribution in [1.82, 2.24) is 4.98 Å². The fraction of sp³-hybridized carbons (Fsp3) is 0.188. The predicted molar refractivity (Wildman–Crippen MR) is 84.7 cm³/mol. The number of aromatic nitrogens is 1. The number of hydrogen-bond donors (Lipinski definition) is 2. The summed E-state index contributed by atoms with van der Waals surface area (Å²) in [7, 11) is 0. The Morgan fingerprint density at radius 1 is 1.20 bits per heavy atom. The van der Waals surface area contributed by atoms with E-state index < -0.39 is 0 Å². The molecule has 3 nitrogen and oxygen atoms in total. The monoisotopic (exact) mass is 282 g/mol. The average Bonchev–Trinajstić information content (AvgIpc) is 2.98. The van der Waals surface area contributed by atoms with Crippen molar-refractivity contribution in [2.24, 2.45) is 0 Å². The van der Waals surface area contributed by atoms with Gasteiger partial charge in [-0.25, -0.2) is 0 Å². The van der Waals surface area contributed by atoms with E-state index in [0.717, 1.165) is 40.0 Å². The summed E-state index contributed by atoms with van der Waals surface area (Å²) in [6, 6.07) is 10.2. The molecule has 1 aliphatic heterocycles. The summed E-state index contributed by atoms with van der Waals surface area (Å²) in [6.07, 6.45) is 2.27. The maximum Gasteiger partial charge on any atom is 0.257 e. The van der Waals surface area contributed by atoms with Crippen LogP contribution in [0.3, 0.4) is 0 Å². The number of thiophene rings is 1. The Bertz CT molecular complexity index is 834. The Morgan fingerprint density at radius 2 is 2.15 bits per heavy atom. The highest BCUT2D eigenvalue weighted by Gasteiger charge is 2.12. The number of fused-ring (bicyclic) bond motifs is 2. The van der Waals surface area contributed by atoms with Gasteiger partial charge in [-0.15, -0.1) is 11.3 Å². The molecule has 4 rings (SSSR count). The van der Waals surface area contributed by atoms with Gasteiger partial charge in [-0.3, -0.25) is 4.79 Å². The highest BCUT2D eigenvalue weighted by Crippen LogP contribution is 2.29. The summed E-state index contributed by atoms with van der Waals surface area (Å²) in [5.41, 5.74) is 4.14. The number of H-pyrrole nitrogens is 1. The molecule has 2 N–H and O–H groups in total. The standard InChI is InChI=1S/C16H14N2OS/c19-16-12(15-4-2-6-20-15)8-11-7-10-3-1-5-17-13(10)9-14(11)18-16/h2,4,6-9,17H,1,3,5H2,(H,18,19). The maximum absolute atomic E-state index is 12.2. The molecule has 0 atom stereocenters. The minimum atomic E-state index is -0.0179. The third-order valence-electron chi connectivity index (χ3n) is 3.79. The lowest BCUT2D eigenvalue weighted by atomic mass is 10.00. The van der Waals surface area contributed by atoms with E-state index in [2.05, 4.69) is 22.4 Å². The highest BCUT2D eigenvalue weighted by atomic mass is 32.1. The van der Waals surface area contributed by atoms with Gasteiger partial charge in [0.15, 0.2) is 0 Å². The van der Waals surface area contributed by atoms with Crippen LogP contribution in [0.5, 0.6) is 0 Å². The van der Waals surface area contributed by atoms with E-state index in [4.69, 9.17) is 0 Å². The van der Waals surface area contributed by atoms with Crippen LogP contribution in [0.15, 0.2) is 40.5 Å². The topological polar surface area (TPSA) is 44.9 Å². The summed E-state index contributed by atoms with van der Waals surface area (Å²) in [5, 5.41) is 6.50. The van der Waals surface area contributed by atoms with Crippen molar-refractivity contribution < 1.29 is 0 Å². The summed E-state index contributed by atoms with van der Waals surface area (Å²) < 4.78 is 0. The van der Waals surface area contributed by atoms with Gasteiger partial charge < -0.3 is 10.3 Å². The highest BCUT2D eigenvalue weighted by molar-refractivity contribution is 7.13. The number of rotatable bonds is 1. The second-order valence-corrected chi connectivity index (χ2v) is 6.06. The average molecular weight is 282 g/mol. The first-order valence-electron chi connectivity index (χ1n) is 6.79. The van der Waals surface area contributed by atoms with Gasteiger partial charge >= 0.3 is 0 Å². The predicted octanol–water partition coefficient (Wildman–Crippen LogP) is 3.61. The molecule has 0 saturated heterocycles. The summed E-state index contributed by atoms with van der Waals surface area (Å²) in [6.45, 7) is 1.01. The maximum atomic E-state index is 12.2. The number of aromatic amines is 1. The lowest BCUT2D eigenvalue weighted by Gasteiger charge is -2.18. The SMILES string of the molecule is O=c1[nH]c2cc3c(cc2cc1-c1cccs1)CCCN3. The van der Waals surface area contributed by atoms with E-state index in [0.29, 0.717) is 0 Å². The fourth-order valence-corrected chi connectivity index (χ4v) is 3.53. The molecule has 0 spiro atoms. The minimum Gasteiger partial charge on any atom is -0.385 e. The molecule has 0 fully saturated rings. The third-order valence-corrected chi connectivity index (χ3v) is 4.70. The molecule has 0 radical (unpaired) electrons. The molecule has 0 bridgehead atoms. The molecule has 3 heterocycles. The number of aryl methyl sites for hydroxylation is 1. The van der Waals surface area contributed by atoms with Gasteiger partial charge in [0.25, 0.3) is 5.56 Å². The van der Waals surface area contributed by atoms with E-state index in [1.54, 1.807) is 11.3 Å². The van der Waals surface area contributed by atoms with Gasteiger partial charge in [-0.1, -0.05) is 6.07 Å². The largest absolute Gasteiger partial charge is 0.385 e. The molecule has 1 aromatic carbocycles. The van der Waals surface area contributed by atoms with Crippen molar-refractivity contribution in [3.8, 4) is 10.4 Å². The van der Waals surface area contributed by atoms with Crippen molar-refractivity contribution in [2.75, 3.05) is 11.9 Å². The van der Waals surface area contributed by atoms with Crippen molar-refractivity contribution >= 4 is 27.9 Å². The second kappa shape index (κ2) is 4.49. The summed E-state index contributed by atoms with van der Waals surface area (Å²) in [4.78, 5) is 16.3. The lowest BCUT2D eigenvalue weighted by molar-refractivity contribution is 0.832. The molecule has 0 unspecified atom stereocenters. The Balaban J connectivity index is 1.97. The van der Waals surface area contributed by atoms with Crippen molar-refractivity contribution in [1.29, 1.82) is 0 Å². The molecule has 3 aromatic rings. The molecule has 0 amide bonds. The van der Waals surface area contributed by atoms with Crippen LogP contribution in [0.1, 0.15) is 12.0 Å². The number of nitrogens with one attached hydrogen (secondary N) is 2. The van der Waals surface area contributed by atoms with Gasteiger partial charge in [-0.05, 0) is 53.4 Å². The van der Waals surface area contributed by atoms with Crippen LogP contribution < -0.4 is 10.9 Å². The van der Waals surface area contributed by atoms with Crippen LogP contribution >= 0.6 is 11.3 Å². The second-order valence-electron chi connectivity index (χ2n) is 5.12. The van der Waals surface area contributed by atoms with E-state index in [-0.39, 0.29) is 5.56 Å². The zero-order valence-electron chi connectivity index (χ0n) is 10.9. The Labute approximate surface area is 120 Å². The van der Waals surface area contributed by atoms with Crippen molar-refractivity contribution in [2.45, 2.75) is 12.8 Å². The molecule has 100 valence electrons. The van der Waals surface area contributed by atoms with Gasteiger partial charge in [-0.2, -0.15) is 0 Å². The zero-order chi connectivity index (χ0) is 13.5. The number of pyridine rings is 1. The quantitative estimate of drug-likeness (QED) is 0.716. The smallest absolute Gasteiger partial charge is 0.257 e.